The van der Waals surface area contributed by atoms with Crippen LogP contribution >= 0.6 is 0 Å². The second-order valence-corrected chi connectivity index (χ2v) is 7.28. The van der Waals surface area contributed by atoms with Crippen LogP contribution in [0.15, 0.2) is 42.5 Å². The number of hydrogen-bond donors (Lipinski definition) is 0. The van der Waals surface area contributed by atoms with Crippen molar-refractivity contribution in [1.82, 2.24) is 4.90 Å². The molecule has 1 fully saturated rings. The second kappa shape index (κ2) is 6.25. The van der Waals surface area contributed by atoms with Gasteiger partial charge in [-0.15, -0.1) is 0 Å². The molecule has 2 aromatic carbocycles. The van der Waals surface area contributed by atoms with Gasteiger partial charge >= 0.3 is 0 Å². The molecule has 2 aromatic rings. The van der Waals surface area contributed by atoms with E-state index in [1.165, 1.54) is 41.3 Å². The Bertz CT molecular complexity index is 773. The number of benzene rings is 2. The first-order valence-electron chi connectivity index (χ1n) is 9.41. The summed E-state index contributed by atoms with van der Waals surface area (Å²) < 4.78 is 0. The van der Waals surface area contributed by atoms with E-state index in [0.29, 0.717) is 6.04 Å². The van der Waals surface area contributed by atoms with E-state index in [0.717, 1.165) is 19.1 Å². The van der Waals surface area contributed by atoms with Crippen LogP contribution in [0.2, 0.25) is 0 Å². The van der Waals surface area contributed by atoms with Gasteiger partial charge in [-0.1, -0.05) is 24.3 Å². The van der Waals surface area contributed by atoms with E-state index in [-0.39, 0.29) is 0 Å². The molecular weight excluding hydrogens is 292 g/mol. The number of fused-ring (bicyclic) bond motifs is 3. The van der Waals surface area contributed by atoms with Crippen LogP contribution in [-0.4, -0.2) is 37.1 Å². The molecule has 2 heterocycles. The van der Waals surface area contributed by atoms with Gasteiger partial charge in [0.15, 0.2) is 0 Å². The lowest BCUT2D eigenvalue weighted by atomic mass is 9.93. The Balaban J connectivity index is 1.67. The summed E-state index contributed by atoms with van der Waals surface area (Å²) in [7, 11) is 2.28. The smallest absolute Gasteiger partial charge is 0.0372 e. The predicted molar refractivity (Wildman–Crippen MR) is 105 cm³/mol. The minimum Gasteiger partial charge on any atom is -0.372 e. The SMILES string of the molecule is CCN(CC)c1ccc2cc(C3=CC4CCC(C3)N4C)ccc2c1. The summed E-state index contributed by atoms with van der Waals surface area (Å²) in [6.45, 7) is 6.56. The number of anilines is 1. The number of rotatable bonds is 4. The molecule has 0 spiro atoms. The molecule has 0 aliphatic carbocycles. The molecule has 2 bridgehead atoms. The normalized spacial score (nSPS) is 23.5. The van der Waals surface area contributed by atoms with Crippen molar-refractivity contribution in [3.63, 3.8) is 0 Å². The minimum atomic E-state index is 0.652. The first-order chi connectivity index (χ1) is 11.7. The lowest BCUT2D eigenvalue weighted by molar-refractivity contribution is 0.264. The van der Waals surface area contributed by atoms with Gasteiger partial charge in [-0.2, -0.15) is 0 Å². The highest BCUT2D eigenvalue weighted by atomic mass is 15.2. The van der Waals surface area contributed by atoms with Gasteiger partial charge in [-0.05, 0) is 80.3 Å². The van der Waals surface area contributed by atoms with Crippen LogP contribution < -0.4 is 4.90 Å². The summed E-state index contributed by atoms with van der Waals surface area (Å²) in [5, 5.41) is 2.70. The van der Waals surface area contributed by atoms with Crippen LogP contribution in [-0.2, 0) is 0 Å². The Labute approximate surface area is 145 Å². The highest BCUT2D eigenvalue weighted by molar-refractivity contribution is 5.89. The lowest BCUT2D eigenvalue weighted by Crippen LogP contribution is -2.34. The van der Waals surface area contributed by atoms with Gasteiger partial charge in [-0.25, -0.2) is 0 Å². The molecule has 2 nitrogen and oxygen atoms in total. The molecular formula is C22H28N2. The van der Waals surface area contributed by atoms with Crippen LogP contribution in [0.3, 0.4) is 0 Å². The molecule has 2 aliphatic heterocycles. The number of nitrogens with zero attached hydrogens (tertiary/aromatic N) is 2. The maximum absolute atomic E-state index is 2.56. The van der Waals surface area contributed by atoms with Crippen molar-refractivity contribution in [3.8, 4) is 0 Å². The van der Waals surface area contributed by atoms with Crippen LogP contribution in [0.25, 0.3) is 16.3 Å². The molecule has 2 aliphatic rings. The average molecular weight is 320 g/mol. The fourth-order valence-electron chi connectivity index (χ4n) is 4.47. The first kappa shape index (κ1) is 15.7. The summed E-state index contributed by atoms with van der Waals surface area (Å²) in [5.74, 6) is 0. The van der Waals surface area contributed by atoms with Crippen molar-refractivity contribution >= 4 is 22.0 Å². The largest absolute Gasteiger partial charge is 0.372 e. The number of likely N-dealkylation sites (N-methyl/N-ethyl adjacent to an activating group) is 1. The summed E-state index contributed by atoms with van der Waals surface area (Å²) in [5.41, 5.74) is 4.30. The van der Waals surface area contributed by atoms with E-state index in [2.05, 4.69) is 73.2 Å². The zero-order valence-electron chi connectivity index (χ0n) is 15.1. The molecule has 2 unspecified atom stereocenters. The van der Waals surface area contributed by atoms with Gasteiger partial charge in [0.25, 0.3) is 0 Å². The van der Waals surface area contributed by atoms with Gasteiger partial charge < -0.3 is 4.90 Å². The maximum atomic E-state index is 2.56. The van der Waals surface area contributed by atoms with Crippen LogP contribution in [0.1, 0.15) is 38.7 Å². The van der Waals surface area contributed by atoms with Gasteiger partial charge in [0.1, 0.15) is 0 Å². The fraction of sp³-hybridized carbons (Fsp3) is 0.455. The third kappa shape index (κ3) is 2.63. The molecule has 2 atom stereocenters. The Kier molecular flexibility index (Phi) is 4.09. The lowest BCUT2D eigenvalue weighted by Gasteiger charge is -2.30. The molecule has 2 heteroatoms. The molecule has 0 saturated carbocycles. The summed E-state index contributed by atoms with van der Waals surface area (Å²) >= 11 is 0. The van der Waals surface area contributed by atoms with Crippen LogP contribution in [0, 0.1) is 0 Å². The fourth-order valence-corrected chi connectivity index (χ4v) is 4.47. The summed E-state index contributed by atoms with van der Waals surface area (Å²) in [6, 6.07) is 15.3. The first-order valence-corrected chi connectivity index (χ1v) is 9.41. The zero-order valence-corrected chi connectivity index (χ0v) is 15.1. The van der Waals surface area contributed by atoms with Gasteiger partial charge in [0.2, 0.25) is 0 Å². The van der Waals surface area contributed by atoms with E-state index in [1.807, 2.05) is 0 Å². The number of hydrogen-bond acceptors (Lipinski definition) is 2. The maximum Gasteiger partial charge on any atom is 0.0372 e. The Morgan fingerprint density at radius 1 is 1.00 bits per heavy atom. The van der Waals surface area contributed by atoms with Crippen molar-refractivity contribution < 1.29 is 0 Å². The third-order valence-electron chi connectivity index (χ3n) is 6.07. The molecule has 4 rings (SSSR count). The topological polar surface area (TPSA) is 6.48 Å². The van der Waals surface area contributed by atoms with Crippen LogP contribution in [0.4, 0.5) is 5.69 Å². The van der Waals surface area contributed by atoms with Crippen molar-refractivity contribution in [2.24, 2.45) is 0 Å². The molecule has 0 amide bonds. The molecule has 0 aromatic heterocycles. The quantitative estimate of drug-likeness (QED) is 0.787. The van der Waals surface area contributed by atoms with E-state index in [1.54, 1.807) is 5.57 Å². The van der Waals surface area contributed by atoms with Crippen molar-refractivity contribution in [2.75, 3.05) is 25.0 Å². The van der Waals surface area contributed by atoms with Crippen LogP contribution in [0.5, 0.6) is 0 Å². The van der Waals surface area contributed by atoms with E-state index in [9.17, 15) is 0 Å². The van der Waals surface area contributed by atoms with Crippen molar-refractivity contribution in [2.45, 2.75) is 45.2 Å². The molecule has 1 saturated heterocycles. The van der Waals surface area contributed by atoms with Gasteiger partial charge in [0, 0.05) is 30.9 Å². The Morgan fingerprint density at radius 3 is 2.50 bits per heavy atom. The van der Waals surface area contributed by atoms with E-state index >= 15 is 0 Å². The molecule has 24 heavy (non-hydrogen) atoms. The van der Waals surface area contributed by atoms with Crippen molar-refractivity contribution in [1.29, 1.82) is 0 Å². The average Bonchev–Trinajstić information content (AvgIpc) is 2.83. The highest BCUT2D eigenvalue weighted by Gasteiger charge is 2.33. The van der Waals surface area contributed by atoms with Gasteiger partial charge in [-0.3, -0.25) is 4.90 Å². The Morgan fingerprint density at radius 2 is 1.75 bits per heavy atom. The standard InChI is InChI=1S/C22H28N2/c1-4-24(5-2)22-9-8-16-12-17(6-7-18(16)13-22)19-14-20-10-11-21(15-19)23(20)3/h6-9,12-14,20-21H,4-5,10-11,15H2,1-3H3. The monoisotopic (exact) mass is 320 g/mol. The highest BCUT2D eigenvalue weighted by Crippen LogP contribution is 2.38. The van der Waals surface area contributed by atoms with Gasteiger partial charge in [0.05, 0.1) is 0 Å². The predicted octanol–water partition coefficient (Wildman–Crippen LogP) is 4.94. The third-order valence-corrected chi connectivity index (χ3v) is 6.07. The van der Waals surface area contributed by atoms with E-state index in [4.69, 9.17) is 0 Å². The zero-order chi connectivity index (χ0) is 16.7. The summed E-state index contributed by atoms with van der Waals surface area (Å²) in [6.07, 6.45) is 6.39. The molecule has 0 N–H and O–H groups in total. The Hall–Kier alpha value is -1.80. The molecule has 126 valence electrons. The summed E-state index contributed by atoms with van der Waals surface area (Å²) in [4.78, 5) is 4.96. The van der Waals surface area contributed by atoms with E-state index < -0.39 is 0 Å². The molecule has 0 radical (unpaired) electrons. The minimum absolute atomic E-state index is 0.652. The van der Waals surface area contributed by atoms with Crippen molar-refractivity contribution in [3.05, 3.63) is 48.0 Å². The second-order valence-electron chi connectivity index (χ2n) is 7.28.